The second-order valence-corrected chi connectivity index (χ2v) is 10.4. The Kier molecular flexibility index (Phi) is 7.66. The van der Waals surface area contributed by atoms with Gasteiger partial charge >= 0.3 is 0 Å². The number of benzene rings is 2. The highest BCUT2D eigenvalue weighted by Crippen LogP contribution is 2.39. The van der Waals surface area contributed by atoms with Crippen LogP contribution in [0.4, 0.5) is 5.69 Å². The molecule has 7 heteroatoms. The van der Waals surface area contributed by atoms with Crippen molar-refractivity contribution in [2.45, 2.75) is 45.1 Å². The molecule has 1 saturated carbocycles. The van der Waals surface area contributed by atoms with Crippen LogP contribution in [-0.2, 0) is 0 Å². The van der Waals surface area contributed by atoms with E-state index in [4.69, 9.17) is 23.2 Å². The number of pyridine rings is 1. The highest BCUT2D eigenvalue weighted by molar-refractivity contribution is 6.37. The van der Waals surface area contributed by atoms with Crippen LogP contribution in [0.2, 0.25) is 10.0 Å². The number of Topliss-reactive ketones (excluding diaryl/α,β-unsaturated/α-hetero) is 1. The Labute approximate surface area is 211 Å². The number of hydrogen-bond acceptors (Lipinski definition) is 5. The molecule has 0 bridgehead atoms. The summed E-state index contributed by atoms with van der Waals surface area (Å²) in [5.74, 6) is 0.618. The Morgan fingerprint density at radius 3 is 2.38 bits per heavy atom. The van der Waals surface area contributed by atoms with Crippen molar-refractivity contribution in [1.82, 2.24) is 9.88 Å². The fourth-order valence-electron chi connectivity index (χ4n) is 4.77. The van der Waals surface area contributed by atoms with E-state index in [9.17, 15) is 9.90 Å². The van der Waals surface area contributed by atoms with Crippen LogP contribution in [-0.4, -0.2) is 47.5 Å². The molecule has 1 heterocycles. The number of aromatic hydroxyl groups is 1. The zero-order chi connectivity index (χ0) is 24.4. The summed E-state index contributed by atoms with van der Waals surface area (Å²) in [6, 6.07) is 9.59. The Balaban J connectivity index is 1.66. The molecule has 0 unspecified atom stereocenters. The molecule has 1 fully saturated rings. The summed E-state index contributed by atoms with van der Waals surface area (Å²) in [5.41, 5.74) is 3.92. The topological polar surface area (TPSA) is 65.5 Å². The van der Waals surface area contributed by atoms with Gasteiger partial charge < -0.3 is 15.3 Å². The first-order valence-corrected chi connectivity index (χ1v) is 12.5. The highest BCUT2D eigenvalue weighted by atomic mass is 35.5. The number of hydrogen-bond donors (Lipinski definition) is 2. The average molecular weight is 500 g/mol. The monoisotopic (exact) mass is 499 g/mol. The molecule has 1 aromatic heterocycles. The Bertz CT molecular complexity index is 1180. The predicted molar refractivity (Wildman–Crippen MR) is 141 cm³/mol. The van der Waals surface area contributed by atoms with Gasteiger partial charge in [0.05, 0.1) is 26.8 Å². The summed E-state index contributed by atoms with van der Waals surface area (Å²) in [6.07, 6.45) is 7.46. The van der Waals surface area contributed by atoms with Gasteiger partial charge in [-0.3, -0.25) is 9.78 Å². The molecule has 34 heavy (non-hydrogen) atoms. The van der Waals surface area contributed by atoms with Gasteiger partial charge in [-0.05, 0) is 101 Å². The Morgan fingerprint density at radius 1 is 1.09 bits per heavy atom. The molecule has 0 radical (unpaired) electrons. The molecular formula is C27H31Cl2N3O2. The van der Waals surface area contributed by atoms with Gasteiger partial charge in [0.1, 0.15) is 0 Å². The summed E-state index contributed by atoms with van der Waals surface area (Å²) in [5, 5.41) is 14.9. The number of phenols is 1. The first-order valence-electron chi connectivity index (χ1n) is 11.8. The SMILES string of the molecule is CC(=O)c1cnc2ccc(-c3cc(Cl)c(O)c(Cl)c3)cc2c1N[C@H]1CC[C@H](CCN(C)C)CC1. The van der Waals surface area contributed by atoms with Crippen LogP contribution in [0, 0.1) is 5.92 Å². The lowest BCUT2D eigenvalue weighted by molar-refractivity contribution is 0.101. The Hall–Kier alpha value is -2.34. The van der Waals surface area contributed by atoms with E-state index < -0.39 is 0 Å². The third-order valence-corrected chi connectivity index (χ3v) is 7.35. The minimum absolute atomic E-state index is 0.0160. The average Bonchev–Trinajstić information content (AvgIpc) is 2.81. The fourth-order valence-corrected chi connectivity index (χ4v) is 5.25. The number of rotatable bonds is 7. The number of anilines is 1. The molecule has 0 aliphatic heterocycles. The summed E-state index contributed by atoms with van der Waals surface area (Å²) < 4.78 is 0. The van der Waals surface area contributed by atoms with Gasteiger partial charge in [0, 0.05) is 17.6 Å². The van der Waals surface area contributed by atoms with E-state index in [1.165, 1.54) is 19.3 Å². The smallest absolute Gasteiger partial charge is 0.163 e. The second kappa shape index (κ2) is 10.5. The maximum Gasteiger partial charge on any atom is 0.163 e. The second-order valence-electron chi connectivity index (χ2n) is 9.58. The van der Waals surface area contributed by atoms with Crippen molar-refractivity contribution in [3.05, 3.63) is 52.1 Å². The van der Waals surface area contributed by atoms with Gasteiger partial charge in [0.25, 0.3) is 0 Å². The van der Waals surface area contributed by atoms with Crippen molar-refractivity contribution in [2.24, 2.45) is 5.92 Å². The molecule has 1 aliphatic rings. The maximum atomic E-state index is 12.5. The largest absolute Gasteiger partial charge is 0.505 e. The van der Waals surface area contributed by atoms with Gasteiger partial charge in [0.2, 0.25) is 0 Å². The van der Waals surface area contributed by atoms with Gasteiger partial charge in [-0.15, -0.1) is 0 Å². The van der Waals surface area contributed by atoms with Gasteiger partial charge in [-0.1, -0.05) is 29.3 Å². The van der Waals surface area contributed by atoms with E-state index in [1.807, 2.05) is 18.2 Å². The molecule has 3 aromatic rings. The Morgan fingerprint density at radius 2 is 1.76 bits per heavy atom. The first-order chi connectivity index (χ1) is 16.2. The summed E-state index contributed by atoms with van der Waals surface area (Å²) >= 11 is 12.3. The van der Waals surface area contributed by atoms with Gasteiger partial charge in [0.15, 0.2) is 11.5 Å². The van der Waals surface area contributed by atoms with E-state index in [0.717, 1.165) is 53.0 Å². The predicted octanol–water partition coefficient (Wildman–Crippen LogP) is 7.04. The summed E-state index contributed by atoms with van der Waals surface area (Å²) in [6.45, 7) is 2.70. The minimum Gasteiger partial charge on any atom is -0.505 e. The van der Waals surface area contributed by atoms with Crippen LogP contribution < -0.4 is 5.32 Å². The number of nitrogens with zero attached hydrogens (tertiary/aromatic N) is 2. The van der Waals surface area contributed by atoms with Crippen molar-refractivity contribution < 1.29 is 9.90 Å². The molecule has 0 saturated heterocycles. The number of phenolic OH excluding ortho intramolecular Hbond substituents is 1. The number of fused-ring (bicyclic) bond motifs is 1. The van der Waals surface area contributed by atoms with E-state index >= 15 is 0 Å². The highest BCUT2D eigenvalue weighted by Gasteiger charge is 2.23. The fraction of sp³-hybridized carbons (Fsp3) is 0.407. The molecule has 2 N–H and O–H groups in total. The lowest BCUT2D eigenvalue weighted by Crippen LogP contribution is -2.28. The molecule has 180 valence electrons. The van der Waals surface area contributed by atoms with E-state index in [2.05, 4.69) is 29.3 Å². The number of halogens is 2. The third-order valence-electron chi connectivity index (χ3n) is 6.78. The van der Waals surface area contributed by atoms with E-state index in [1.54, 1.807) is 25.3 Å². The molecule has 4 rings (SSSR count). The van der Waals surface area contributed by atoms with Crippen LogP contribution in [0.3, 0.4) is 0 Å². The number of aromatic nitrogens is 1. The number of nitrogens with one attached hydrogen (secondary N) is 1. The minimum atomic E-state index is -0.128. The molecule has 5 nitrogen and oxygen atoms in total. The zero-order valence-electron chi connectivity index (χ0n) is 19.9. The first kappa shape index (κ1) is 24.8. The standard InChI is InChI=1S/C27H31Cl2N3O2/c1-16(33)22-15-30-25-9-6-18(19-13-23(28)27(34)24(29)14-19)12-21(25)26(22)31-20-7-4-17(5-8-20)10-11-32(2)3/h6,9,12-15,17,20,34H,4-5,7-8,10-11H2,1-3H3,(H,30,31)/t17-,20-. The number of ketones is 1. The van der Waals surface area contributed by atoms with Crippen LogP contribution in [0.15, 0.2) is 36.5 Å². The number of carbonyl (C=O) groups is 1. The van der Waals surface area contributed by atoms with E-state index in [-0.39, 0.29) is 21.6 Å². The van der Waals surface area contributed by atoms with Crippen molar-refractivity contribution >= 4 is 45.6 Å². The van der Waals surface area contributed by atoms with Crippen molar-refractivity contribution in [3.63, 3.8) is 0 Å². The van der Waals surface area contributed by atoms with Crippen molar-refractivity contribution in [1.29, 1.82) is 0 Å². The molecule has 1 aliphatic carbocycles. The van der Waals surface area contributed by atoms with Gasteiger partial charge in [-0.25, -0.2) is 0 Å². The normalized spacial score (nSPS) is 18.4. The summed E-state index contributed by atoms with van der Waals surface area (Å²) in [7, 11) is 4.25. The lowest BCUT2D eigenvalue weighted by atomic mass is 9.83. The van der Waals surface area contributed by atoms with Crippen LogP contribution in [0.1, 0.15) is 49.4 Å². The quantitative estimate of drug-likeness (QED) is 0.341. The van der Waals surface area contributed by atoms with Crippen LogP contribution in [0.5, 0.6) is 5.75 Å². The molecule has 0 amide bonds. The molecular weight excluding hydrogens is 469 g/mol. The molecule has 2 aromatic carbocycles. The van der Waals surface area contributed by atoms with Crippen molar-refractivity contribution in [2.75, 3.05) is 26.0 Å². The third kappa shape index (κ3) is 5.48. The van der Waals surface area contributed by atoms with E-state index in [0.29, 0.717) is 11.6 Å². The van der Waals surface area contributed by atoms with Crippen molar-refractivity contribution in [3.8, 4) is 16.9 Å². The zero-order valence-corrected chi connectivity index (χ0v) is 21.4. The van der Waals surface area contributed by atoms with Gasteiger partial charge in [-0.2, -0.15) is 0 Å². The summed E-state index contributed by atoms with van der Waals surface area (Å²) in [4.78, 5) is 19.3. The van der Waals surface area contributed by atoms with Crippen LogP contribution >= 0.6 is 23.2 Å². The maximum absolute atomic E-state index is 12.5. The lowest BCUT2D eigenvalue weighted by Gasteiger charge is -2.31. The molecule has 0 atom stereocenters. The van der Waals surface area contributed by atoms with Crippen LogP contribution in [0.25, 0.3) is 22.0 Å². The number of carbonyl (C=O) groups excluding carboxylic acids is 1. The molecule has 0 spiro atoms.